The van der Waals surface area contributed by atoms with Crippen LogP contribution in [0.4, 0.5) is 4.79 Å². The summed E-state index contributed by atoms with van der Waals surface area (Å²) in [4.78, 5) is 13.8. The van der Waals surface area contributed by atoms with Crippen molar-refractivity contribution in [1.82, 2.24) is 4.90 Å². The van der Waals surface area contributed by atoms with Gasteiger partial charge in [0.2, 0.25) is 0 Å². The van der Waals surface area contributed by atoms with E-state index < -0.39 is 0 Å². The third kappa shape index (κ3) is 1.31. The molecule has 1 spiro atoms. The summed E-state index contributed by atoms with van der Waals surface area (Å²) in [6, 6.07) is 10.8. The van der Waals surface area contributed by atoms with Crippen LogP contribution in [-0.2, 0) is 4.74 Å². The quantitative estimate of drug-likeness (QED) is 0.780. The maximum Gasteiger partial charge on any atom is 0.410 e. The number of cyclic esters (lactones) is 1. The Morgan fingerprint density at radius 2 is 2.00 bits per heavy atom. The largest absolute Gasteiger partial charge is 0.447 e. The van der Waals surface area contributed by atoms with Crippen molar-refractivity contribution in [3.05, 3.63) is 35.9 Å². The molecule has 17 heavy (non-hydrogen) atoms. The highest BCUT2D eigenvalue weighted by molar-refractivity contribution is 5.72. The van der Waals surface area contributed by atoms with Crippen LogP contribution in [-0.4, -0.2) is 23.6 Å². The van der Waals surface area contributed by atoms with Gasteiger partial charge in [-0.2, -0.15) is 0 Å². The van der Waals surface area contributed by atoms with Crippen LogP contribution in [0.5, 0.6) is 0 Å². The average Bonchev–Trinajstić information content (AvgIpc) is 3.25. The first-order chi connectivity index (χ1) is 8.30. The lowest BCUT2D eigenvalue weighted by atomic mass is 10.1. The van der Waals surface area contributed by atoms with Crippen LogP contribution in [0.2, 0.25) is 0 Å². The van der Waals surface area contributed by atoms with E-state index in [1.807, 2.05) is 23.1 Å². The fourth-order valence-electron chi connectivity index (χ4n) is 3.13. The summed E-state index contributed by atoms with van der Waals surface area (Å²) in [5, 5.41) is 0. The van der Waals surface area contributed by atoms with E-state index in [0.29, 0.717) is 18.1 Å². The molecule has 3 fully saturated rings. The van der Waals surface area contributed by atoms with Crippen molar-refractivity contribution >= 4 is 6.09 Å². The van der Waals surface area contributed by atoms with E-state index in [1.54, 1.807) is 0 Å². The number of benzene rings is 1. The summed E-state index contributed by atoms with van der Waals surface area (Å²) >= 11 is 0. The van der Waals surface area contributed by atoms with Crippen LogP contribution in [0.25, 0.3) is 0 Å². The van der Waals surface area contributed by atoms with Gasteiger partial charge in [-0.15, -0.1) is 0 Å². The maximum atomic E-state index is 11.9. The summed E-state index contributed by atoms with van der Waals surface area (Å²) in [5.74, 6) is 0. The predicted molar refractivity (Wildman–Crippen MR) is 62.4 cm³/mol. The Morgan fingerprint density at radius 1 is 1.24 bits per heavy atom. The van der Waals surface area contributed by atoms with E-state index in [0.717, 1.165) is 0 Å². The highest BCUT2D eigenvalue weighted by atomic mass is 16.6. The third-order valence-electron chi connectivity index (χ3n) is 4.47. The van der Waals surface area contributed by atoms with Gasteiger partial charge in [-0.05, 0) is 30.2 Å². The molecule has 2 aliphatic carbocycles. The van der Waals surface area contributed by atoms with Crippen molar-refractivity contribution < 1.29 is 9.53 Å². The van der Waals surface area contributed by atoms with Crippen LogP contribution >= 0.6 is 0 Å². The molecule has 0 N–H and O–H groups in total. The zero-order chi connectivity index (χ0) is 11.5. The van der Waals surface area contributed by atoms with E-state index in [-0.39, 0.29) is 12.1 Å². The second kappa shape index (κ2) is 3.03. The lowest BCUT2D eigenvalue weighted by Gasteiger charge is -2.22. The molecule has 1 aliphatic heterocycles. The first-order valence-corrected chi connectivity index (χ1v) is 6.30. The maximum absolute atomic E-state index is 11.9. The van der Waals surface area contributed by atoms with Crippen molar-refractivity contribution in [3.63, 3.8) is 0 Å². The minimum atomic E-state index is -0.118. The Morgan fingerprint density at radius 3 is 2.65 bits per heavy atom. The number of ether oxygens (including phenoxy) is 1. The smallest absolute Gasteiger partial charge is 0.410 e. The molecular formula is C14H15NO2. The van der Waals surface area contributed by atoms with Gasteiger partial charge in [0.05, 0.1) is 6.04 Å². The van der Waals surface area contributed by atoms with Gasteiger partial charge in [-0.3, -0.25) is 4.90 Å². The fourth-order valence-corrected chi connectivity index (χ4v) is 3.13. The van der Waals surface area contributed by atoms with Gasteiger partial charge in [0.1, 0.15) is 6.61 Å². The van der Waals surface area contributed by atoms with Crippen LogP contribution in [0.15, 0.2) is 30.3 Å². The molecule has 1 saturated heterocycles. The van der Waals surface area contributed by atoms with E-state index in [4.69, 9.17) is 4.74 Å². The van der Waals surface area contributed by atoms with Crippen LogP contribution in [0.1, 0.15) is 30.9 Å². The molecule has 4 rings (SSSR count). The van der Waals surface area contributed by atoms with Gasteiger partial charge < -0.3 is 4.74 Å². The molecule has 0 bridgehead atoms. The highest BCUT2D eigenvalue weighted by Gasteiger charge is 2.67. The van der Waals surface area contributed by atoms with Gasteiger partial charge in [0.15, 0.2) is 0 Å². The molecule has 0 aromatic heterocycles. The molecule has 2 atom stereocenters. The zero-order valence-electron chi connectivity index (χ0n) is 9.63. The monoisotopic (exact) mass is 229 g/mol. The number of hydrogen-bond acceptors (Lipinski definition) is 2. The number of carbonyl (C=O) groups is 1. The van der Waals surface area contributed by atoms with Crippen molar-refractivity contribution in [2.24, 2.45) is 5.41 Å². The molecule has 1 amide bonds. The lowest BCUT2D eigenvalue weighted by molar-refractivity contribution is 0.154. The van der Waals surface area contributed by atoms with Crippen molar-refractivity contribution in [2.75, 3.05) is 6.61 Å². The molecule has 3 aliphatic rings. The standard InChI is InChI=1S/C14H15NO2/c16-13-15(12-8-14(12)6-7-14)11(9-17-13)10-4-2-1-3-5-10/h1-5,11-12H,6-9H2/t11-,12-/m0/s1. The van der Waals surface area contributed by atoms with Crippen molar-refractivity contribution in [3.8, 4) is 0 Å². The topological polar surface area (TPSA) is 29.5 Å². The van der Waals surface area contributed by atoms with Crippen LogP contribution in [0.3, 0.4) is 0 Å². The van der Waals surface area contributed by atoms with Crippen LogP contribution < -0.4 is 0 Å². The normalized spacial score (nSPS) is 32.7. The Hall–Kier alpha value is -1.51. The van der Waals surface area contributed by atoms with E-state index in [9.17, 15) is 4.79 Å². The van der Waals surface area contributed by atoms with Crippen molar-refractivity contribution in [2.45, 2.75) is 31.3 Å². The first-order valence-electron chi connectivity index (χ1n) is 6.30. The van der Waals surface area contributed by atoms with Gasteiger partial charge in [-0.25, -0.2) is 4.79 Å². The Bertz CT molecular complexity index is 466. The number of amides is 1. The number of carbonyl (C=O) groups excluding carboxylic acids is 1. The van der Waals surface area contributed by atoms with Crippen molar-refractivity contribution in [1.29, 1.82) is 0 Å². The average molecular weight is 229 g/mol. The number of rotatable bonds is 2. The zero-order valence-corrected chi connectivity index (χ0v) is 9.63. The summed E-state index contributed by atoms with van der Waals surface area (Å²) in [6.07, 6.45) is 3.66. The van der Waals surface area contributed by atoms with Crippen LogP contribution in [0, 0.1) is 5.41 Å². The molecule has 1 aromatic carbocycles. The Balaban J connectivity index is 1.64. The third-order valence-corrected chi connectivity index (χ3v) is 4.47. The number of nitrogens with zero attached hydrogens (tertiary/aromatic N) is 1. The van der Waals surface area contributed by atoms with E-state index >= 15 is 0 Å². The first kappa shape index (κ1) is 9.51. The molecule has 88 valence electrons. The van der Waals surface area contributed by atoms with E-state index in [1.165, 1.54) is 24.8 Å². The molecule has 0 radical (unpaired) electrons. The van der Waals surface area contributed by atoms with Gasteiger partial charge >= 0.3 is 6.09 Å². The van der Waals surface area contributed by atoms with E-state index in [2.05, 4.69) is 12.1 Å². The molecule has 0 unspecified atom stereocenters. The molecule has 2 saturated carbocycles. The molecular weight excluding hydrogens is 214 g/mol. The lowest BCUT2D eigenvalue weighted by Crippen LogP contribution is -2.31. The van der Waals surface area contributed by atoms with Gasteiger partial charge in [-0.1, -0.05) is 30.3 Å². The minimum Gasteiger partial charge on any atom is -0.447 e. The second-order valence-corrected chi connectivity index (χ2v) is 5.49. The summed E-state index contributed by atoms with van der Waals surface area (Å²) in [7, 11) is 0. The summed E-state index contributed by atoms with van der Waals surface area (Å²) < 4.78 is 5.24. The molecule has 3 heteroatoms. The molecule has 1 aromatic rings. The number of hydrogen-bond donors (Lipinski definition) is 0. The molecule has 1 heterocycles. The molecule has 3 nitrogen and oxygen atoms in total. The fraction of sp³-hybridized carbons (Fsp3) is 0.500. The van der Waals surface area contributed by atoms with Gasteiger partial charge in [0.25, 0.3) is 0 Å². The second-order valence-electron chi connectivity index (χ2n) is 5.49. The summed E-state index contributed by atoms with van der Waals surface area (Å²) in [6.45, 7) is 0.509. The minimum absolute atomic E-state index is 0.118. The Labute approximate surface area is 100 Å². The van der Waals surface area contributed by atoms with Gasteiger partial charge in [0, 0.05) is 6.04 Å². The summed E-state index contributed by atoms with van der Waals surface area (Å²) in [5.41, 5.74) is 1.69. The SMILES string of the molecule is O=C1OC[C@@H](c2ccccc2)N1[C@H]1CC12CC2. The Kier molecular flexibility index (Phi) is 1.70. The predicted octanol–water partition coefficient (Wildman–Crippen LogP) is 2.73. The highest BCUT2D eigenvalue weighted by Crippen LogP contribution is 2.69.